The summed E-state index contributed by atoms with van der Waals surface area (Å²) in [7, 11) is 0. The molecule has 0 bridgehead atoms. The number of piperazine rings is 1. The van der Waals surface area contributed by atoms with Crippen LogP contribution < -0.4 is 0 Å². The van der Waals surface area contributed by atoms with Gasteiger partial charge in [0.25, 0.3) is 0 Å². The van der Waals surface area contributed by atoms with Crippen LogP contribution in [0.2, 0.25) is 0 Å². The van der Waals surface area contributed by atoms with Crippen molar-refractivity contribution in [2.24, 2.45) is 0 Å². The van der Waals surface area contributed by atoms with E-state index in [1.165, 1.54) is 5.56 Å². The Morgan fingerprint density at radius 3 is 1.95 bits per heavy atom. The number of amides is 2. The van der Waals surface area contributed by atoms with E-state index in [1.807, 2.05) is 34.9 Å². The van der Waals surface area contributed by atoms with Gasteiger partial charge < -0.3 is 9.80 Å². The van der Waals surface area contributed by atoms with Crippen LogP contribution in [0.3, 0.4) is 0 Å². The van der Waals surface area contributed by atoms with Gasteiger partial charge in [-0.15, -0.1) is 0 Å². The molecule has 0 unspecified atom stereocenters. The molecule has 0 radical (unpaired) electrons. The molecule has 1 saturated heterocycles. The van der Waals surface area contributed by atoms with Crippen LogP contribution in [0.25, 0.3) is 0 Å². The first-order valence-corrected chi connectivity index (χ1v) is 7.80. The number of rotatable bonds is 5. The molecule has 2 rings (SSSR count). The fraction of sp³-hybridized carbons (Fsp3) is 0.529. The predicted molar refractivity (Wildman–Crippen MR) is 82.8 cm³/mol. The summed E-state index contributed by atoms with van der Waals surface area (Å²) in [6, 6.07) is 10.1. The van der Waals surface area contributed by atoms with Crippen LogP contribution in [0.4, 0.5) is 0 Å². The van der Waals surface area contributed by atoms with Gasteiger partial charge >= 0.3 is 0 Å². The zero-order valence-corrected chi connectivity index (χ0v) is 12.8. The number of carbonyl (C=O) groups is 2. The Bertz CT molecular complexity index is 465. The fourth-order valence-corrected chi connectivity index (χ4v) is 2.63. The Labute approximate surface area is 126 Å². The van der Waals surface area contributed by atoms with Crippen molar-refractivity contribution in [1.29, 1.82) is 0 Å². The van der Waals surface area contributed by atoms with E-state index in [9.17, 15) is 9.59 Å². The van der Waals surface area contributed by atoms with Crippen molar-refractivity contribution < 1.29 is 9.59 Å². The second-order valence-electron chi connectivity index (χ2n) is 5.50. The summed E-state index contributed by atoms with van der Waals surface area (Å²) in [5.74, 6) is 0.412. The Morgan fingerprint density at radius 1 is 0.905 bits per heavy atom. The second-order valence-corrected chi connectivity index (χ2v) is 5.50. The van der Waals surface area contributed by atoms with E-state index in [-0.39, 0.29) is 11.8 Å². The highest BCUT2D eigenvalue weighted by Crippen LogP contribution is 2.09. The summed E-state index contributed by atoms with van der Waals surface area (Å²) >= 11 is 0. The van der Waals surface area contributed by atoms with Gasteiger partial charge in [-0.25, -0.2) is 0 Å². The van der Waals surface area contributed by atoms with Crippen molar-refractivity contribution in [2.45, 2.75) is 32.6 Å². The highest BCUT2D eigenvalue weighted by Gasteiger charge is 2.23. The third-order valence-electron chi connectivity index (χ3n) is 3.92. The molecule has 1 heterocycles. The molecule has 1 aromatic rings. The first-order chi connectivity index (χ1) is 10.2. The molecule has 1 aliphatic rings. The molecule has 0 spiro atoms. The average Bonchev–Trinajstić information content (AvgIpc) is 2.54. The summed E-state index contributed by atoms with van der Waals surface area (Å²) in [6.45, 7) is 4.71. The van der Waals surface area contributed by atoms with Crippen LogP contribution >= 0.6 is 0 Å². The number of hydrogen-bond donors (Lipinski definition) is 0. The van der Waals surface area contributed by atoms with Crippen molar-refractivity contribution in [1.82, 2.24) is 9.80 Å². The maximum Gasteiger partial charge on any atom is 0.223 e. The van der Waals surface area contributed by atoms with Crippen LogP contribution in [0.5, 0.6) is 0 Å². The van der Waals surface area contributed by atoms with Crippen LogP contribution in [0.1, 0.15) is 31.7 Å². The first kappa shape index (κ1) is 15.5. The third kappa shape index (κ3) is 4.59. The van der Waals surface area contributed by atoms with Gasteiger partial charge in [0.2, 0.25) is 11.8 Å². The molecule has 1 aliphatic heterocycles. The van der Waals surface area contributed by atoms with E-state index in [0.717, 1.165) is 12.8 Å². The molecule has 0 atom stereocenters. The number of aryl methyl sites for hydroxylation is 1. The molecule has 2 amide bonds. The number of carbonyl (C=O) groups excluding carboxylic acids is 2. The van der Waals surface area contributed by atoms with Gasteiger partial charge in [-0.05, 0) is 18.4 Å². The molecule has 4 heteroatoms. The monoisotopic (exact) mass is 288 g/mol. The molecular formula is C17H24N2O2. The average molecular weight is 288 g/mol. The van der Waals surface area contributed by atoms with Gasteiger partial charge in [0, 0.05) is 39.0 Å². The molecule has 4 nitrogen and oxygen atoms in total. The Morgan fingerprint density at radius 2 is 1.43 bits per heavy atom. The van der Waals surface area contributed by atoms with Gasteiger partial charge in [-0.1, -0.05) is 37.3 Å². The molecule has 0 N–H and O–H groups in total. The Hall–Kier alpha value is -1.84. The van der Waals surface area contributed by atoms with E-state index in [2.05, 4.69) is 12.1 Å². The van der Waals surface area contributed by atoms with E-state index in [1.54, 1.807) is 0 Å². The largest absolute Gasteiger partial charge is 0.339 e. The third-order valence-corrected chi connectivity index (χ3v) is 3.92. The van der Waals surface area contributed by atoms with Gasteiger partial charge in [0.15, 0.2) is 0 Å². The summed E-state index contributed by atoms with van der Waals surface area (Å²) in [5.41, 5.74) is 1.20. The van der Waals surface area contributed by atoms with E-state index in [4.69, 9.17) is 0 Å². The number of nitrogens with zero attached hydrogens (tertiary/aromatic N) is 2. The van der Waals surface area contributed by atoms with Gasteiger partial charge in [0.05, 0.1) is 0 Å². The first-order valence-electron chi connectivity index (χ1n) is 7.80. The second kappa shape index (κ2) is 7.81. The topological polar surface area (TPSA) is 40.6 Å². The van der Waals surface area contributed by atoms with Crippen molar-refractivity contribution >= 4 is 11.8 Å². The van der Waals surface area contributed by atoms with E-state index < -0.39 is 0 Å². The van der Waals surface area contributed by atoms with Gasteiger partial charge in [-0.2, -0.15) is 0 Å². The highest BCUT2D eigenvalue weighted by molar-refractivity contribution is 5.78. The zero-order valence-electron chi connectivity index (χ0n) is 12.8. The van der Waals surface area contributed by atoms with E-state index in [0.29, 0.717) is 39.0 Å². The molecule has 114 valence electrons. The minimum Gasteiger partial charge on any atom is -0.339 e. The van der Waals surface area contributed by atoms with Crippen LogP contribution in [0, 0.1) is 0 Å². The molecular weight excluding hydrogens is 264 g/mol. The molecule has 1 fully saturated rings. The zero-order chi connectivity index (χ0) is 15.1. The van der Waals surface area contributed by atoms with Crippen molar-refractivity contribution in [3.63, 3.8) is 0 Å². The van der Waals surface area contributed by atoms with Crippen molar-refractivity contribution in [3.8, 4) is 0 Å². The number of benzene rings is 1. The lowest BCUT2D eigenvalue weighted by Crippen LogP contribution is -2.50. The quantitative estimate of drug-likeness (QED) is 0.832. The Balaban J connectivity index is 1.74. The lowest BCUT2D eigenvalue weighted by Gasteiger charge is -2.35. The summed E-state index contributed by atoms with van der Waals surface area (Å²) in [5, 5.41) is 0. The number of hydrogen-bond acceptors (Lipinski definition) is 2. The molecule has 0 saturated carbocycles. The van der Waals surface area contributed by atoms with Crippen LogP contribution in [-0.2, 0) is 16.0 Å². The molecule has 0 aliphatic carbocycles. The lowest BCUT2D eigenvalue weighted by atomic mass is 10.1. The predicted octanol–water partition coefficient (Wildman–Crippen LogP) is 2.09. The SMILES string of the molecule is CCCC(=O)N1CCN(C(=O)CCc2ccccc2)CC1. The molecule has 21 heavy (non-hydrogen) atoms. The van der Waals surface area contributed by atoms with Crippen molar-refractivity contribution in [2.75, 3.05) is 26.2 Å². The molecule has 1 aromatic carbocycles. The lowest BCUT2D eigenvalue weighted by molar-refractivity contribution is -0.139. The smallest absolute Gasteiger partial charge is 0.223 e. The maximum absolute atomic E-state index is 12.2. The van der Waals surface area contributed by atoms with Crippen LogP contribution in [-0.4, -0.2) is 47.8 Å². The highest BCUT2D eigenvalue weighted by atomic mass is 16.2. The summed E-state index contributed by atoms with van der Waals surface area (Å²) in [6.07, 6.45) is 2.83. The summed E-state index contributed by atoms with van der Waals surface area (Å²) in [4.78, 5) is 27.8. The molecule has 0 aromatic heterocycles. The van der Waals surface area contributed by atoms with Crippen molar-refractivity contribution in [3.05, 3.63) is 35.9 Å². The Kier molecular flexibility index (Phi) is 5.78. The minimum absolute atomic E-state index is 0.196. The van der Waals surface area contributed by atoms with E-state index >= 15 is 0 Å². The van der Waals surface area contributed by atoms with Gasteiger partial charge in [0.1, 0.15) is 0 Å². The summed E-state index contributed by atoms with van der Waals surface area (Å²) < 4.78 is 0. The minimum atomic E-state index is 0.196. The van der Waals surface area contributed by atoms with Gasteiger partial charge in [-0.3, -0.25) is 9.59 Å². The standard InChI is InChI=1S/C17H24N2O2/c1-2-6-16(20)18-11-13-19(14-12-18)17(21)10-9-15-7-4-3-5-8-15/h3-5,7-8H,2,6,9-14H2,1H3. The maximum atomic E-state index is 12.2. The van der Waals surface area contributed by atoms with Crippen LogP contribution in [0.15, 0.2) is 30.3 Å². The fourth-order valence-electron chi connectivity index (χ4n) is 2.63. The normalized spacial score (nSPS) is 15.1.